The fraction of sp³-hybridized carbons (Fsp3) is 0.667. The predicted octanol–water partition coefficient (Wildman–Crippen LogP) is 7.45. The molecule has 2 aliphatic carbocycles. The summed E-state index contributed by atoms with van der Waals surface area (Å²) in [6.45, 7) is 8.95. The summed E-state index contributed by atoms with van der Waals surface area (Å²) >= 11 is 6.67. The van der Waals surface area contributed by atoms with Crippen LogP contribution in [0.4, 0.5) is 0 Å². The minimum Gasteiger partial charge on any atom is -0.300 e. The van der Waals surface area contributed by atoms with E-state index in [0.29, 0.717) is 5.92 Å². The van der Waals surface area contributed by atoms with Crippen LogP contribution in [0.2, 0.25) is 5.02 Å². The Morgan fingerprint density at radius 1 is 1.04 bits per heavy atom. The van der Waals surface area contributed by atoms with Gasteiger partial charge in [0, 0.05) is 17.6 Å². The minimum atomic E-state index is 0.667. The molecule has 0 N–H and O–H groups in total. The first-order valence-corrected chi connectivity index (χ1v) is 11.3. The summed E-state index contributed by atoms with van der Waals surface area (Å²) in [6.07, 6.45) is 14.7. The van der Waals surface area contributed by atoms with E-state index < -0.39 is 0 Å². The van der Waals surface area contributed by atoms with Crippen LogP contribution in [0.15, 0.2) is 24.8 Å². The van der Waals surface area contributed by atoms with Crippen molar-refractivity contribution in [3.8, 4) is 0 Å². The van der Waals surface area contributed by atoms with E-state index in [0.717, 1.165) is 30.6 Å². The molecule has 0 bridgehead atoms. The van der Waals surface area contributed by atoms with E-state index >= 15 is 0 Å². The minimum absolute atomic E-state index is 0.667. The summed E-state index contributed by atoms with van der Waals surface area (Å²) in [5.74, 6) is 0.667. The van der Waals surface area contributed by atoms with Crippen molar-refractivity contribution in [2.24, 2.45) is 0 Å². The number of rotatable bonds is 7. The molecule has 0 amide bonds. The van der Waals surface area contributed by atoms with E-state index in [1.54, 1.807) is 0 Å². The van der Waals surface area contributed by atoms with Crippen LogP contribution in [0.5, 0.6) is 0 Å². The SMILES string of the molecule is C=C(CCN(CC)C1CCCCC1)c1ccc(C2CCCCC2)c(Cl)c1. The first-order chi connectivity index (χ1) is 12.7. The molecule has 2 heteroatoms. The third-order valence-electron chi connectivity index (χ3n) is 6.65. The molecule has 0 radical (unpaired) electrons. The smallest absolute Gasteiger partial charge is 0.0446 e. The van der Waals surface area contributed by atoms with E-state index in [4.69, 9.17) is 11.6 Å². The topological polar surface area (TPSA) is 3.24 Å². The van der Waals surface area contributed by atoms with Crippen molar-refractivity contribution in [3.05, 3.63) is 40.9 Å². The Morgan fingerprint density at radius 3 is 2.31 bits per heavy atom. The van der Waals surface area contributed by atoms with Crippen LogP contribution in [-0.4, -0.2) is 24.0 Å². The van der Waals surface area contributed by atoms with Gasteiger partial charge in [-0.2, -0.15) is 0 Å². The highest BCUT2D eigenvalue weighted by atomic mass is 35.5. The van der Waals surface area contributed by atoms with Gasteiger partial charge >= 0.3 is 0 Å². The van der Waals surface area contributed by atoms with Crippen molar-refractivity contribution in [2.45, 2.75) is 89.5 Å². The molecule has 0 unspecified atom stereocenters. The van der Waals surface area contributed by atoms with Crippen molar-refractivity contribution in [1.29, 1.82) is 0 Å². The first-order valence-electron chi connectivity index (χ1n) is 10.9. The monoisotopic (exact) mass is 373 g/mol. The maximum absolute atomic E-state index is 6.67. The summed E-state index contributed by atoms with van der Waals surface area (Å²) in [5.41, 5.74) is 3.82. The van der Waals surface area contributed by atoms with Gasteiger partial charge < -0.3 is 4.90 Å². The fourth-order valence-corrected chi connectivity index (χ4v) is 5.29. The Morgan fingerprint density at radius 2 is 1.69 bits per heavy atom. The molecule has 1 aromatic rings. The van der Waals surface area contributed by atoms with Gasteiger partial charge in [-0.1, -0.05) is 75.8 Å². The van der Waals surface area contributed by atoms with E-state index in [1.165, 1.54) is 80.9 Å². The maximum atomic E-state index is 6.67. The number of nitrogens with zero attached hydrogens (tertiary/aromatic N) is 1. The molecule has 0 saturated heterocycles. The summed E-state index contributed by atoms with van der Waals surface area (Å²) in [5, 5.41) is 0.954. The number of halogens is 1. The second-order valence-corrected chi connectivity index (χ2v) is 8.75. The van der Waals surface area contributed by atoms with Gasteiger partial charge in [-0.3, -0.25) is 0 Å². The summed E-state index contributed by atoms with van der Waals surface area (Å²) in [7, 11) is 0. The molecule has 2 aliphatic rings. The van der Waals surface area contributed by atoms with Crippen LogP contribution < -0.4 is 0 Å². The van der Waals surface area contributed by atoms with E-state index in [-0.39, 0.29) is 0 Å². The quantitative estimate of drug-likeness (QED) is 0.479. The zero-order chi connectivity index (χ0) is 18.4. The van der Waals surface area contributed by atoms with E-state index in [9.17, 15) is 0 Å². The summed E-state index contributed by atoms with van der Waals surface area (Å²) in [6, 6.07) is 7.50. The lowest BCUT2D eigenvalue weighted by Gasteiger charge is -2.33. The molecule has 3 rings (SSSR count). The standard InChI is InChI=1S/C24H36ClN/c1-3-26(22-12-8-5-9-13-22)17-16-19(2)21-14-15-23(24(25)18-21)20-10-6-4-7-11-20/h14-15,18,20,22H,2-13,16-17H2,1H3. The van der Waals surface area contributed by atoms with Gasteiger partial charge in [0.05, 0.1) is 0 Å². The summed E-state index contributed by atoms with van der Waals surface area (Å²) < 4.78 is 0. The highest BCUT2D eigenvalue weighted by Crippen LogP contribution is 2.37. The van der Waals surface area contributed by atoms with Crippen LogP contribution in [0, 0.1) is 0 Å². The van der Waals surface area contributed by atoms with Gasteiger partial charge in [0.1, 0.15) is 0 Å². The lowest BCUT2D eigenvalue weighted by atomic mass is 9.83. The van der Waals surface area contributed by atoms with Gasteiger partial charge in [-0.15, -0.1) is 0 Å². The molecule has 26 heavy (non-hydrogen) atoms. The molecule has 1 nitrogen and oxygen atoms in total. The van der Waals surface area contributed by atoms with Crippen molar-refractivity contribution in [3.63, 3.8) is 0 Å². The Bertz CT molecular complexity index is 582. The molecule has 2 fully saturated rings. The highest BCUT2D eigenvalue weighted by Gasteiger charge is 2.21. The van der Waals surface area contributed by atoms with Crippen molar-refractivity contribution in [2.75, 3.05) is 13.1 Å². The highest BCUT2D eigenvalue weighted by molar-refractivity contribution is 6.31. The van der Waals surface area contributed by atoms with Crippen LogP contribution in [-0.2, 0) is 0 Å². The molecule has 1 aromatic carbocycles. The van der Waals surface area contributed by atoms with Crippen molar-refractivity contribution >= 4 is 17.2 Å². The number of benzene rings is 1. The molecule has 2 saturated carbocycles. The largest absolute Gasteiger partial charge is 0.300 e. The van der Waals surface area contributed by atoms with Crippen LogP contribution in [0.25, 0.3) is 5.57 Å². The first kappa shape index (κ1) is 20.0. The maximum Gasteiger partial charge on any atom is 0.0446 e. The average molecular weight is 374 g/mol. The molecular weight excluding hydrogens is 338 g/mol. The van der Waals surface area contributed by atoms with Crippen LogP contribution in [0.3, 0.4) is 0 Å². The Kier molecular flexibility index (Phi) is 7.64. The van der Waals surface area contributed by atoms with Gasteiger partial charge in [0.25, 0.3) is 0 Å². The van der Waals surface area contributed by atoms with Crippen molar-refractivity contribution < 1.29 is 0 Å². The Hall–Kier alpha value is -0.790. The zero-order valence-electron chi connectivity index (χ0n) is 16.6. The Balaban J connectivity index is 1.57. The third kappa shape index (κ3) is 5.14. The molecule has 0 aliphatic heterocycles. The van der Waals surface area contributed by atoms with E-state index in [2.05, 4.69) is 36.6 Å². The van der Waals surface area contributed by atoms with E-state index in [1.807, 2.05) is 0 Å². The van der Waals surface area contributed by atoms with Crippen LogP contribution in [0.1, 0.15) is 94.6 Å². The molecule has 144 valence electrons. The van der Waals surface area contributed by atoms with Crippen LogP contribution >= 0.6 is 11.6 Å². The molecule has 0 heterocycles. The molecule has 0 atom stereocenters. The van der Waals surface area contributed by atoms with Gasteiger partial charge in [-0.05, 0) is 67.3 Å². The molecule has 0 spiro atoms. The molecular formula is C24H36ClN. The average Bonchev–Trinajstić information content (AvgIpc) is 2.69. The molecule has 0 aromatic heterocycles. The van der Waals surface area contributed by atoms with Crippen molar-refractivity contribution in [1.82, 2.24) is 4.90 Å². The normalized spacial score (nSPS) is 19.8. The lowest BCUT2D eigenvalue weighted by Crippen LogP contribution is -2.37. The zero-order valence-corrected chi connectivity index (χ0v) is 17.4. The predicted molar refractivity (Wildman–Crippen MR) is 115 cm³/mol. The second-order valence-electron chi connectivity index (χ2n) is 8.35. The number of hydrogen-bond donors (Lipinski definition) is 0. The fourth-order valence-electron chi connectivity index (χ4n) is 4.96. The second kappa shape index (κ2) is 9.95. The van der Waals surface area contributed by atoms with Gasteiger partial charge in [-0.25, -0.2) is 0 Å². The van der Waals surface area contributed by atoms with Gasteiger partial charge in [0.2, 0.25) is 0 Å². The van der Waals surface area contributed by atoms with Gasteiger partial charge in [0.15, 0.2) is 0 Å². The lowest BCUT2D eigenvalue weighted by molar-refractivity contribution is 0.167. The Labute approximate surface area is 165 Å². The number of hydrogen-bond acceptors (Lipinski definition) is 1. The third-order valence-corrected chi connectivity index (χ3v) is 6.98. The summed E-state index contributed by atoms with van der Waals surface area (Å²) in [4.78, 5) is 2.67.